The molecule has 2 N–H and O–H groups in total. The average molecular weight is 311 g/mol. The fourth-order valence-corrected chi connectivity index (χ4v) is 1.87. The van der Waals surface area contributed by atoms with Crippen LogP contribution in [0.4, 0.5) is 0 Å². The van der Waals surface area contributed by atoms with E-state index < -0.39 is 12.0 Å². The molecule has 0 bridgehead atoms. The molecule has 0 aliphatic carbocycles. The first-order chi connectivity index (χ1) is 10.2. The number of nitrogens with zero attached hydrogens (tertiary/aromatic N) is 2. The number of carbonyl (C=O) groups is 2. The van der Waals surface area contributed by atoms with Gasteiger partial charge in [-0.15, -0.1) is 0 Å². The van der Waals surface area contributed by atoms with Gasteiger partial charge in [0, 0.05) is 32.7 Å². The minimum Gasteiger partial charge on any atom is -0.480 e. The number of hydrogen-bond donors (Lipinski definition) is 2. The van der Waals surface area contributed by atoms with E-state index in [1.807, 2.05) is 27.0 Å². The van der Waals surface area contributed by atoms with Gasteiger partial charge in [-0.1, -0.05) is 0 Å². The smallest absolute Gasteiger partial charge is 0.326 e. The Kier molecular flexibility index (Phi) is 6.55. The third-order valence-electron chi connectivity index (χ3n) is 2.97. The number of nitrogens with one attached hydrogen (secondary N) is 1. The molecule has 1 heterocycles. The van der Waals surface area contributed by atoms with Crippen LogP contribution >= 0.6 is 0 Å². The van der Waals surface area contributed by atoms with E-state index in [2.05, 4.69) is 10.4 Å². The molecule has 1 aromatic rings. The van der Waals surface area contributed by atoms with E-state index in [1.54, 1.807) is 17.9 Å². The summed E-state index contributed by atoms with van der Waals surface area (Å²) in [6.07, 6.45) is 4.53. The molecule has 0 fully saturated rings. The Labute approximate surface area is 130 Å². The van der Waals surface area contributed by atoms with Gasteiger partial charge in [-0.2, -0.15) is 5.10 Å². The molecule has 0 spiro atoms. The number of carboxylic acid groups (broad SMARTS) is 1. The van der Waals surface area contributed by atoms with Crippen molar-refractivity contribution in [3.05, 3.63) is 18.0 Å². The minimum atomic E-state index is -1.05. The lowest BCUT2D eigenvalue weighted by atomic mass is 10.1. The zero-order valence-electron chi connectivity index (χ0n) is 13.6. The molecule has 0 aliphatic rings. The zero-order chi connectivity index (χ0) is 16.8. The second-order valence-corrected chi connectivity index (χ2v) is 6.23. The number of aliphatic carboxylic acids is 1. The molecule has 7 nitrogen and oxygen atoms in total. The lowest BCUT2D eigenvalue weighted by Gasteiger charge is -2.21. The quantitative estimate of drug-likeness (QED) is 0.750. The van der Waals surface area contributed by atoms with Crippen LogP contribution < -0.4 is 5.32 Å². The first-order valence-corrected chi connectivity index (χ1v) is 7.31. The molecule has 22 heavy (non-hydrogen) atoms. The highest BCUT2D eigenvalue weighted by Gasteiger charge is 2.21. The van der Waals surface area contributed by atoms with Crippen LogP contribution in [-0.4, -0.2) is 45.0 Å². The summed E-state index contributed by atoms with van der Waals surface area (Å²) in [5.74, 6) is -1.33. The van der Waals surface area contributed by atoms with Crippen LogP contribution in [0.1, 0.15) is 39.2 Å². The molecule has 0 saturated carbocycles. The van der Waals surface area contributed by atoms with Crippen molar-refractivity contribution < 1.29 is 19.4 Å². The van der Waals surface area contributed by atoms with E-state index in [-0.39, 0.29) is 31.0 Å². The fourth-order valence-electron chi connectivity index (χ4n) is 1.87. The molecule has 124 valence electrons. The van der Waals surface area contributed by atoms with Gasteiger partial charge in [-0.25, -0.2) is 4.79 Å². The number of ether oxygens (including phenoxy) is 1. The lowest BCUT2D eigenvalue weighted by Crippen LogP contribution is -2.42. The number of aromatic nitrogens is 2. The SMILES string of the molecule is Cn1cc(CCC(=O)NC(CCOC(C)(C)C)C(=O)O)cn1. The summed E-state index contributed by atoms with van der Waals surface area (Å²) in [5, 5.41) is 15.7. The van der Waals surface area contributed by atoms with Crippen LogP contribution in [0.5, 0.6) is 0 Å². The Morgan fingerprint density at radius 1 is 1.45 bits per heavy atom. The van der Waals surface area contributed by atoms with Crippen molar-refractivity contribution in [3.63, 3.8) is 0 Å². The monoisotopic (exact) mass is 311 g/mol. The molecule has 1 atom stereocenters. The van der Waals surface area contributed by atoms with Crippen molar-refractivity contribution in [1.82, 2.24) is 15.1 Å². The van der Waals surface area contributed by atoms with Crippen LogP contribution in [-0.2, 0) is 27.8 Å². The summed E-state index contributed by atoms with van der Waals surface area (Å²) in [7, 11) is 1.80. The maximum atomic E-state index is 11.9. The molecule has 0 radical (unpaired) electrons. The van der Waals surface area contributed by atoms with E-state index in [0.29, 0.717) is 6.42 Å². The highest BCUT2D eigenvalue weighted by atomic mass is 16.5. The lowest BCUT2D eigenvalue weighted by molar-refractivity contribution is -0.142. The number of rotatable bonds is 8. The third kappa shape index (κ3) is 7.21. The van der Waals surface area contributed by atoms with Crippen molar-refractivity contribution in [2.75, 3.05) is 6.61 Å². The molecular weight excluding hydrogens is 286 g/mol. The summed E-state index contributed by atoms with van der Waals surface area (Å²) >= 11 is 0. The molecule has 1 aromatic heterocycles. The fraction of sp³-hybridized carbons (Fsp3) is 0.667. The Hall–Kier alpha value is -1.89. The van der Waals surface area contributed by atoms with Gasteiger partial charge in [0.1, 0.15) is 6.04 Å². The molecule has 0 aromatic carbocycles. The first kappa shape index (κ1) is 18.2. The second kappa shape index (κ2) is 7.93. The van der Waals surface area contributed by atoms with E-state index in [4.69, 9.17) is 9.84 Å². The van der Waals surface area contributed by atoms with Crippen LogP contribution in [0.2, 0.25) is 0 Å². The van der Waals surface area contributed by atoms with Gasteiger partial charge in [-0.3, -0.25) is 9.48 Å². The van der Waals surface area contributed by atoms with Crippen LogP contribution in [0.3, 0.4) is 0 Å². The van der Waals surface area contributed by atoms with Gasteiger partial charge >= 0.3 is 5.97 Å². The predicted molar refractivity (Wildman–Crippen MR) is 81.4 cm³/mol. The Balaban J connectivity index is 2.38. The normalized spacial score (nSPS) is 12.9. The largest absolute Gasteiger partial charge is 0.480 e. The van der Waals surface area contributed by atoms with Gasteiger partial charge in [0.05, 0.1) is 11.8 Å². The molecular formula is C15H25N3O4. The summed E-state index contributed by atoms with van der Waals surface area (Å²) < 4.78 is 7.16. The van der Waals surface area contributed by atoms with Crippen molar-refractivity contribution in [2.45, 2.75) is 51.7 Å². The molecule has 1 unspecified atom stereocenters. The Morgan fingerprint density at radius 3 is 2.64 bits per heavy atom. The number of hydrogen-bond acceptors (Lipinski definition) is 4. The van der Waals surface area contributed by atoms with Gasteiger partial charge < -0.3 is 15.2 Å². The van der Waals surface area contributed by atoms with E-state index >= 15 is 0 Å². The van der Waals surface area contributed by atoms with E-state index in [0.717, 1.165) is 5.56 Å². The maximum absolute atomic E-state index is 11.9. The minimum absolute atomic E-state index is 0.232. The molecule has 1 amide bonds. The molecule has 0 aliphatic heterocycles. The summed E-state index contributed by atoms with van der Waals surface area (Å²) in [6, 6.07) is -0.927. The zero-order valence-corrected chi connectivity index (χ0v) is 13.6. The highest BCUT2D eigenvalue weighted by Crippen LogP contribution is 2.08. The van der Waals surface area contributed by atoms with Gasteiger partial charge in [0.2, 0.25) is 5.91 Å². The van der Waals surface area contributed by atoms with Crippen molar-refractivity contribution in [1.29, 1.82) is 0 Å². The predicted octanol–water partition coefficient (Wildman–Crippen LogP) is 1.13. The van der Waals surface area contributed by atoms with Crippen molar-refractivity contribution in [3.8, 4) is 0 Å². The van der Waals surface area contributed by atoms with Crippen molar-refractivity contribution >= 4 is 11.9 Å². The second-order valence-electron chi connectivity index (χ2n) is 6.23. The number of carbonyl (C=O) groups excluding carboxylic acids is 1. The number of carboxylic acids is 1. The third-order valence-corrected chi connectivity index (χ3v) is 2.97. The first-order valence-electron chi connectivity index (χ1n) is 7.31. The highest BCUT2D eigenvalue weighted by molar-refractivity contribution is 5.83. The van der Waals surface area contributed by atoms with Gasteiger partial charge in [-0.05, 0) is 32.8 Å². The summed E-state index contributed by atoms with van der Waals surface area (Å²) in [6.45, 7) is 5.98. The standard InChI is InChI=1S/C15H25N3O4/c1-15(2,3)22-8-7-12(14(20)21)17-13(19)6-5-11-9-16-18(4)10-11/h9-10,12H,5-8H2,1-4H3,(H,17,19)(H,20,21). The van der Waals surface area contributed by atoms with Crippen LogP contribution in [0.25, 0.3) is 0 Å². The molecule has 1 rings (SSSR count). The molecule has 0 saturated heterocycles. The summed E-state index contributed by atoms with van der Waals surface area (Å²) in [5.41, 5.74) is 0.619. The number of amides is 1. The topological polar surface area (TPSA) is 93.5 Å². The summed E-state index contributed by atoms with van der Waals surface area (Å²) in [4.78, 5) is 23.0. The molecule has 7 heteroatoms. The Bertz CT molecular complexity index is 505. The number of aryl methyl sites for hydroxylation is 2. The van der Waals surface area contributed by atoms with Gasteiger partial charge in [0.25, 0.3) is 0 Å². The van der Waals surface area contributed by atoms with Crippen LogP contribution in [0, 0.1) is 0 Å². The van der Waals surface area contributed by atoms with Crippen molar-refractivity contribution in [2.24, 2.45) is 7.05 Å². The van der Waals surface area contributed by atoms with E-state index in [1.165, 1.54) is 0 Å². The Morgan fingerprint density at radius 2 is 2.14 bits per heavy atom. The maximum Gasteiger partial charge on any atom is 0.326 e. The van der Waals surface area contributed by atoms with E-state index in [9.17, 15) is 9.59 Å². The van der Waals surface area contributed by atoms with Gasteiger partial charge in [0.15, 0.2) is 0 Å². The van der Waals surface area contributed by atoms with Crippen LogP contribution in [0.15, 0.2) is 12.4 Å². The average Bonchev–Trinajstić information content (AvgIpc) is 2.79.